The highest BCUT2D eigenvalue weighted by Crippen LogP contribution is 2.84. The van der Waals surface area contributed by atoms with Crippen LogP contribution in [-0.4, -0.2) is 16.9 Å². The Morgan fingerprint density at radius 3 is 2.93 bits per heavy atom. The molecule has 4 rings (SSSR count). The van der Waals surface area contributed by atoms with Crippen LogP contribution in [0.1, 0.15) is 20.3 Å². The first-order valence-electron chi connectivity index (χ1n) is 5.93. The van der Waals surface area contributed by atoms with E-state index in [4.69, 9.17) is 4.74 Å². The molecule has 82 valence electrons. The lowest BCUT2D eigenvalue weighted by molar-refractivity contribution is -0.148. The van der Waals surface area contributed by atoms with E-state index in [0.717, 1.165) is 5.92 Å². The summed E-state index contributed by atoms with van der Waals surface area (Å²) in [6, 6.07) is 0. The topological polar surface area (TPSA) is 26.3 Å². The lowest BCUT2D eigenvalue weighted by Gasteiger charge is -2.44. The summed E-state index contributed by atoms with van der Waals surface area (Å²) in [6.45, 7) is 4.51. The van der Waals surface area contributed by atoms with Gasteiger partial charge < -0.3 is 4.74 Å². The Balaban J connectivity index is 1.80. The van der Waals surface area contributed by atoms with Crippen molar-refractivity contribution in [3.05, 3.63) is 0 Å². The third kappa shape index (κ3) is 0.711. The molecule has 0 aromatic heterocycles. The molecule has 0 aromatic rings. The van der Waals surface area contributed by atoms with Gasteiger partial charge in [0.05, 0.1) is 10.7 Å². The van der Waals surface area contributed by atoms with Crippen molar-refractivity contribution in [3.8, 4) is 0 Å². The van der Waals surface area contributed by atoms with Gasteiger partial charge in [-0.1, -0.05) is 29.8 Å². The second kappa shape index (κ2) is 2.29. The van der Waals surface area contributed by atoms with E-state index >= 15 is 0 Å². The Bertz CT molecular complexity index is 367. The number of hydrogen-bond acceptors (Lipinski definition) is 2. The maximum atomic E-state index is 11.9. The van der Waals surface area contributed by atoms with Crippen LogP contribution >= 0.6 is 15.9 Å². The molecule has 2 nitrogen and oxygen atoms in total. The maximum Gasteiger partial charge on any atom is 0.310 e. The number of carbonyl (C=O) groups is 1. The number of ether oxygens (including phenoxy) is 1. The van der Waals surface area contributed by atoms with Crippen LogP contribution in [0.5, 0.6) is 0 Å². The average molecular weight is 271 g/mol. The fraction of sp³-hybridized carbons (Fsp3) is 0.917. The molecule has 0 aromatic carbocycles. The molecule has 0 bridgehead atoms. The Hall–Kier alpha value is -0.0500. The minimum Gasteiger partial charge on any atom is -0.461 e. The van der Waals surface area contributed by atoms with Gasteiger partial charge >= 0.3 is 5.97 Å². The summed E-state index contributed by atoms with van der Waals surface area (Å²) >= 11 is 3.75. The van der Waals surface area contributed by atoms with E-state index in [9.17, 15) is 4.79 Å². The normalized spacial score (nSPS) is 63.6. The first-order chi connectivity index (χ1) is 7.09. The number of halogens is 1. The SMILES string of the molecule is CC(C)C1C2C(=O)OC3C(Br)C4(CC14)C32. The van der Waals surface area contributed by atoms with Crippen LogP contribution in [0, 0.1) is 35.0 Å². The van der Waals surface area contributed by atoms with Crippen LogP contribution in [0.3, 0.4) is 0 Å². The Morgan fingerprint density at radius 2 is 2.27 bits per heavy atom. The molecule has 1 spiro atoms. The van der Waals surface area contributed by atoms with Crippen LogP contribution in [0.25, 0.3) is 0 Å². The molecule has 15 heavy (non-hydrogen) atoms. The van der Waals surface area contributed by atoms with Gasteiger partial charge in [0.2, 0.25) is 0 Å². The van der Waals surface area contributed by atoms with Gasteiger partial charge in [-0.25, -0.2) is 0 Å². The van der Waals surface area contributed by atoms with Gasteiger partial charge in [-0.15, -0.1) is 0 Å². The van der Waals surface area contributed by atoms with Gasteiger partial charge in [0, 0.05) is 5.92 Å². The second-order valence-corrected chi connectivity index (χ2v) is 7.09. The summed E-state index contributed by atoms with van der Waals surface area (Å²) in [5.41, 5.74) is 0.469. The van der Waals surface area contributed by atoms with Crippen molar-refractivity contribution in [3.63, 3.8) is 0 Å². The van der Waals surface area contributed by atoms with Gasteiger partial charge in [-0.05, 0) is 29.6 Å². The van der Waals surface area contributed by atoms with Crippen molar-refractivity contribution in [2.75, 3.05) is 0 Å². The molecule has 0 N–H and O–H groups in total. The molecule has 1 aliphatic heterocycles. The molecular formula is C12H15BrO2. The summed E-state index contributed by atoms with van der Waals surface area (Å²) in [5.74, 6) is 2.92. The molecule has 1 saturated heterocycles. The highest BCUT2D eigenvalue weighted by molar-refractivity contribution is 9.09. The molecule has 4 aliphatic rings. The lowest BCUT2D eigenvalue weighted by Crippen LogP contribution is -2.52. The molecular weight excluding hydrogens is 256 g/mol. The van der Waals surface area contributed by atoms with Crippen LogP contribution < -0.4 is 0 Å². The first kappa shape index (κ1) is 9.03. The van der Waals surface area contributed by atoms with Gasteiger partial charge in [0.15, 0.2) is 0 Å². The third-order valence-electron chi connectivity index (χ3n) is 5.44. The van der Waals surface area contributed by atoms with Crippen LogP contribution in [0.2, 0.25) is 0 Å². The highest BCUT2D eigenvalue weighted by atomic mass is 79.9. The summed E-state index contributed by atoms with van der Waals surface area (Å²) in [5, 5.41) is 0. The molecule has 0 radical (unpaired) electrons. The quantitative estimate of drug-likeness (QED) is 0.540. The fourth-order valence-corrected chi connectivity index (χ4v) is 6.20. The third-order valence-corrected chi connectivity index (χ3v) is 6.81. The summed E-state index contributed by atoms with van der Waals surface area (Å²) < 4.78 is 5.49. The van der Waals surface area contributed by atoms with Crippen molar-refractivity contribution < 1.29 is 9.53 Å². The molecule has 7 unspecified atom stereocenters. The summed E-state index contributed by atoms with van der Waals surface area (Å²) in [6.07, 6.45) is 1.54. The van der Waals surface area contributed by atoms with Gasteiger partial charge in [-0.3, -0.25) is 4.79 Å². The van der Waals surface area contributed by atoms with E-state index in [-0.39, 0.29) is 18.0 Å². The van der Waals surface area contributed by atoms with E-state index < -0.39 is 0 Å². The summed E-state index contributed by atoms with van der Waals surface area (Å²) in [4.78, 5) is 12.3. The van der Waals surface area contributed by atoms with Gasteiger partial charge in [0.1, 0.15) is 6.10 Å². The molecule has 4 fully saturated rings. The first-order valence-corrected chi connectivity index (χ1v) is 6.85. The van der Waals surface area contributed by atoms with Crippen LogP contribution in [0.15, 0.2) is 0 Å². The smallest absolute Gasteiger partial charge is 0.310 e. The molecule has 7 atom stereocenters. The Labute approximate surface area is 97.9 Å². The van der Waals surface area contributed by atoms with Crippen molar-refractivity contribution >= 4 is 21.9 Å². The van der Waals surface area contributed by atoms with Crippen molar-refractivity contribution in [2.24, 2.45) is 35.0 Å². The minimum atomic E-state index is 0.0947. The highest BCUT2D eigenvalue weighted by Gasteiger charge is 2.86. The molecule has 0 amide bonds. The van der Waals surface area contributed by atoms with Crippen molar-refractivity contribution in [1.82, 2.24) is 0 Å². The Morgan fingerprint density at radius 1 is 1.53 bits per heavy atom. The van der Waals surface area contributed by atoms with E-state index in [1.54, 1.807) is 0 Å². The number of alkyl halides is 1. The lowest BCUT2D eigenvalue weighted by atomic mass is 9.65. The van der Waals surface area contributed by atoms with Gasteiger partial charge in [-0.2, -0.15) is 0 Å². The van der Waals surface area contributed by atoms with E-state index in [0.29, 0.717) is 28.0 Å². The van der Waals surface area contributed by atoms with E-state index in [2.05, 4.69) is 29.8 Å². The van der Waals surface area contributed by atoms with Gasteiger partial charge in [0.25, 0.3) is 0 Å². The zero-order valence-corrected chi connectivity index (χ0v) is 10.5. The number of rotatable bonds is 1. The predicted molar refractivity (Wildman–Crippen MR) is 58.4 cm³/mol. The van der Waals surface area contributed by atoms with E-state index in [1.165, 1.54) is 6.42 Å². The molecule has 3 heteroatoms. The number of hydrogen-bond donors (Lipinski definition) is 0. The van der Waals surface area contributed by atoms with Crippen molar-refractivity contribution in [1.29, 1.82) is 0 Å². The zero-order valence-electron chi connectivity index (χ0n) is 8.94. The fourth-order valence-electron chi connectivity index (χ4n) is 4.93. The standard InChI is InChI=1S/C12H15BrO2/c1-4(2)6-5-3-12(5)8-7(6)11(14)15-9(8)10(12)13/h4-10H,3H2,1-2H3. The van der Waals surface area contributed by atoms with Crippen LogP contribution in [-0.2, 0) is 9.53 Å². The Kier molecular flexibility index (Phi) is 1.38. The van der Waals surface area contributed by atoms with Crippen molar-refractivity contribution in [2.45, 2.75) is 31.2 Å². The number of esters is 1. The van der Waals surface area contributed by atoms with E-state index in [1.807, 2.05) is 0 Å². The maximum absolute atomic E-state index is 11.9. The molecule has 3 saturated carbocycles. The zero-order chi connectivity index (χ0) is 10.5. The summed E-state index contributed by atoms with van der Waals surface area (Å²) in [7, 11) is 0. The number of carbonyl (C=O) groups excluding carboxylic acids is 1. The predicted octanol–water partition coefficient (Wildman–Crippen LogP) is 2.21. The second-order valence-electron chi connectivity index (χ2n) is 6.10. The monoisotopic (exact) mass is 270 g/mol. The molecule has 1 heterocycles. The van der Waals surface area contributed by atoms with Crippen LogP contribution in [0.4, 0.5) is 0 Å². The minimum absolute atomic E-state index is 0.0947. The molecule has 3 aliphatic carbocycles. The average Bonchev–Trinajstić information content (AvgIpc) is 2.76. The largest absolute Gasteiger partial charge is 0.461 e.